The SMILES string of the molecule is CC(C)(C)C(=O)OC1(C)C(=O)NC(C(=O)O)=NC1(C)C(=O)O. The van der Waals surface area contributed by atoms with Crippen LogP contribution in [-0.2, 0) is 23.9 Å². The zero-order valence-corrected chi connectivity index (χ0v) is 12.9. The van der Waals surface area contributed by atoms with Gasteiger partial charge in [-0.3, -0.25) is 9.59 Å². The van der Waals surface area contributed by atoms with Crippen LogP contribution in [0.1, 0.15) is 34.6 Å². The molecule has 0 fully saturated rings. The van der Waals surface area contributed by atoms with Crippen molar-refractivity contribution in [3.05, 3.63) is 0 Å². The van der Waals surface area contributed by atoms with Gasteiger partial charge in [0.1, 0.15) is 0 Å². The molecule has 3 N–H and O–H groups in total. The van der Waals surface area contributed by atoms with Crippen LogP contribution in [-0.4, -0.2) is 51.0 Å². The predicted molar refractivity (Wildman–Crippen MR) is 73.2 cm³/mol. The molecule has 122 valence electrons. The smallest absolute Gasteiger partial charge is 0.371 e. The molecule has 0 spiro atoms. The van der Waals surface area contributed by atoms with Crippen LogP contribution in [0.2, 0.25) is 0 Å². The highest BCUT2D eigenvalue weighted by Crippen LogP contribution is 2.35. The van der Waals surface area contributed by atoms with Crippen LogP contribution in [0.25, 0.3) is 0 Å². The summed E-state index contributed by atoms with van der Waals surface area (Å²) in [6, 6.07) is 0. The summed E-state index contributed by atoms with van der Waals surface area (Å²) >= 11 is 0. The number of nitrogens with one attached hydrogen (secondary N) is 1. The van der Waals surface area contributed by atoms with Crippen LogP contribution >= 0.6 is 0 Å². The first kappa shape index (κ1) is 17.6. The molecule has 0 bridgehead atoms. The molecule has 1 aliphatic heterocycles. The first-order valence-electron chi connectivity index (χ1n) is 6.37. The Bertz CT molecular complexity index is 590. The molecule has 0 saturated carbocycles. The highest BCUT2D eigenvalue weighted by atomic mass is 16.6. The van der Waals surface area contributed by atoms with Gasteiger partial charge in [-0.2, -0.15) is 0 Å². The molecule has 0 radical (unpaired) electrons. The Morgan fingerprint density at radius 2 is 1.68 bits per heavy atom. The van der Waals surface area contributed by atoms with Gasteiger partial charge in [-0.05, 0) is 34.6 Å². The Hall–Kier alpha value is -2.45. The van der Waals surface area contributed by atoms with Gasteiger partial charge in [0, 0.05) is 0 Å². The molecule has 22 heavy (non-hydrogen) atoms. The normalized spacial score (nSPS) is 28.4. The maximum Gasteiger partial charge on any atom is 0.371 e. The van der Waals surface area contributed by atoms with Gasteiger partial charge in [0.15, 0.2) is 0 Å². The molecule has 1 rings (SSSR count). The average Bonchev–Trinajstić information content (AvgIpc) is 2.34. The number of carboxylic acid groups (broad SMARTS) is 2. The standard InChI is InChI=1S/C13H18N2O7/c1-11(2,3)10(21)22-13(5)8(18)14-6(7(16)17)15-12(13,4)9(19)20/h1-5H3,(H,16,17)(H,19,20)(H,14,15,18). The van der Waals surface area contributed by atoms with Gasteiger partial charge in [0.05, 0.1) is 5.41 Å². The Morgan fingerprint density at radius 1 is 1.18 bits per heavy atom. The molecule has 0 aromatic heterocycles. The Balaban J connectivity index is 3.44. The van der Waals surface area contributed by atoms with E-state index in [0.29, 0.717) is 0 Å². The number of nitrogens with zero attached hydrogens (tertiary/aromatic N) is 1. The van der Waals surface area contributed by atoms with Crippen molar-refractivity contribution in [1.82, 2.24) is 5.32 Å². The molecule has 0 aromatic rings. The van der Waals surface area contributed by atoms with Gasteiger partial charge < -0.3 is 20.3 Å². The van der Waals surface area contributed by atoms with Crippen molar-refractivity contribution in [2.24, 2.45) is 10.4 Å². The van der Waals surface area contributed by atoms with Crippen molar-refractivity contribution in [2.45, 2.75) is 45.8 Å². The second-order valence-corrected chi connectivity index (χ2v) is 6.27. The molecule has 0 saturated heterocycles. The fourth-order valence-corrected chi connectivity index (χ4v) is 1.64. The predicted octanol–water partition coefficient (Wildman–Crippen LogP) is -0.209. The summed E-state index contributed by atoms with van der Waals surface area (Å²) in [6.07, 6.45) is 0. The topological polar surface area (TPSA) is 142 Å². The first-order valence-corrected chi connectivity index (χ1v) is 6.37. The summed E-state index contributed by atoms with van der Waals surface area (Å²) in [7, 11) is 0. The van der Waals surface area contributed by atoms with Crippen LogP contribution in [0.3, 0.4) is 0 Å². The van der Waals surface area contributed by atoms with Crippen molar-refractivity contribution in [2.75, 3.05) is 0 Å². The summed E-state index contributed by atoms with van der Waals surface area (Å²) in [5.74, 6) is -5.89. The van der Waals surface area contributed by atoms with Crippen molar-refractivity contribution >= 4 is 29.7 Å². The highest BCUT2D eigenvalue weighted by molar-refractivity contribution is 6.39. The van der Waals surface area contributed by atoms with Gasteiger partial charge in [-0.15, -0.1) is 0 Å². The Labute approximate surface area is 126 Å². The second kappa shape index (κ2) is 5.08. The number of carbonyl (C=O) groups is 4. The minimum Gasteiger partial charge on any atom is -0.479 e. The van der Waals surface area contributed by atoms with Gasteiger partial charge in [-0.25, -0.2) is 14.6 Å². The number of hydrogen-bond acceptors (Lipinski definition) is 6. The lowest BCUT2D eigenvalue weighted by atomic mass is 9.80. The van der Waals surface area contributed by atoms with Crippen LogP contribution in [0, 0.1) is 5.41 Å². The number of aliphatic imine (C=N–C) groups is 1. The van der Waals surface area contributed by atoms with Crippen molar-refractivity contribution in [1.29, 1.82) is 0 Å². The molecular formula is C13H18N2O7. The van der Waals surface area contributed by atoms with E-state index in [-0.39, 0.29) is 0 Å². The number of hydrogen-bond donors (Lipinski definition) is 3. The molecule has 2 atom stereocenters. The number of rotatable bonds is 3. The van der Waals surface area contributed by atoms with Gasteiger partial charge in [0.2, 0.25) is 17.0 Å². The molecule has 1 heterocycles. The monoisotopic (exact) mass is 314 g/mol. The summed E-state index contributed by atoms with van der Waals surface area (Å²) in [4.78, 5) is 50.3. The molecule has 0 aliphatic carbocycles. The Morgan fingerprint density at radius 3 is 2.05 bits per heavy atom. The molecular weight excluding hydrogens is 296 g/mol. The van der Waals surface area contributed by atoms with E-state index in [4.69, 9.17) is 9.84 Å². The number of amides is 1. The number of aliphatic carboxylic acids is 2. The lowest BCUT2D eigenvalue weighted by Gasteiger charge is -2.42. The summed E-state index contributed by atoms with van der Waals surface area (Å²) < 4.78 is 5.13. The Kier molecular flexibility index (Phi) is 4.06. The van der Waals surface area contributed by atoms with Gasteiger partial charge in [0.25, 0.3) is 5.91 Å². The zero-order chi connectivity index (χ0) is 17.5. The minimum absolute atomic E-state index is 0.813. The second-order valence-electron chi connectivity index (χ2n) is 6.27. The first-order chi connectivity index (χ1) is 9.75. The van der Waals surface area contributed by atoms with E-state index in [9.17, 15) is 24.3 Å². The maximum atomic E-state index is 12.2. The zero-order valence-electron chi connectivity index (χ0n) is 12.9. The number of amidine groups is 1. The molecule has 9 nitrogen and oxygen atoms in total. The van der Waals surface area contributed by atoms with E-state index < -0.39 is 46.2 Å². The van der Waals surface area contributed by atoms with E-state index in [1.54, 1.807) is 0 Å². The highest BCUT2D eigenvalue weighted by Gasteiger charge is 2.62. The van der Waals surface area contributed by atoms with Crippen LogP contribution in [0.4, 0.5) is 0 Å². The summed E-state index contributed by atoms with van der Waals surface area (Å²) in [5.41, 5.74) is -5.45. The number of carbonyl (C=O) groups excluding carboxylic acids is 2. The number of carboxylic acids is 2. The average molecular weight is 314 g/mol. The lowest BCUT2D eigenvalue weighted by molar-refractivity contribution is -0.186. The molecule has 0 aromatic carbocycles. The quantitative estimate of drug-likeness (QED) is 0.612. The molecule has 1 aliphatic rings. The van der Waals surface area contributed by atoms with E-state index in [1.807, 2.05) is 5.32 Å². The molecule has 9 heteroatoms. The van der Waals surface area contributed by atoms with Crippen molar-refractivity contribution in [3.63, 3.8) is 0 Å². The van der Waals surface area contributed by atoms with E-state index >= 15 is 0 Å². The number of esters is 1. The largest absolute Gasteiger partial charge is 0.479 e. The fourth-order valence-electron chi connectivity index (χ4n) is 1.64. The summed E-state index contributed by atoms with van der Waals surface area (Å²) in [6.45, 7) is 6.70. The molecule has 1 amide bonds. The number of ether oxygens (including phenoxy) is 1. The summed E-state index contributed by atoms with van der Waals surface area (Å²) in [5, 5.41) is 20.2. The van der Waals surface area contributed by atoms with E-state index in [0.717, 1.165) is 13.8 Å². The van der Waals surface area contributed by atoms with Crippen LogP contribution in [0.15, 0.2) is 4.99 Å². The minimum atomic E-state index is -2.27. The fraction of sp³-hybridized carbons (Fsp3) is 0.615. The van der Waals surface area contributed by atoms with E-state index in [1.165, 1.54) is 20.8 Å². The van der Waals surface area contributed by atoms with Gasteiger partial charge >= 0.3 is 17.9 Å². The molecule has 2 unspecified atom stereocenters. The van der Waals surface area contributed by atoms with Crippen molar-refractivity contribution < 1.29 is 34.1 Å². The van der Waals surface area contributed by atoms with Crippen molar-refractivity contribution in [3.8, 4) is 0 Å². The maximum absolute atomic E-state index is 12.2. The third-order valence-corrected chi connectivity index (χ3v) is 3.46. The van der Waals surface area contributed by atoms with Crippen LogP contribution < -0.4 is 5.32 Å². The van der Waals surface area contributed by atoms with Crippen LogP contribution in [0.5, 0.6) is 0 Å². The van der Waals surface area contributed by atoms with E-state index in [2.05, 4.69) is 4.99 Å². The third-order valence-electron chi connectivity index (χ3n) is 3.46. The third kappa shape index (κ3) is 2.66. The lowest BCUT2D eigenvalue weighted by Crippen LogP contribution is -2.69. The van der Waals surface area contributed by atoms with Gasteiger partial charge in [-0.1, -0.05) is 0 Å².